The first kappa shape index (κ1) is 15.1. The number of anilines is 1. The predicted molar refractivity (Wildman–Crippen MR) is 83.5 cm³/mol. The third-order valence-corrected chi connectivity index (χ3v) is 3.49. The maximum absolute atomic E-state index is 11.7. The molecule has 108 valence electrons. The van der Waals surface area contributed by atoms with Crippen molar-refractivity contribution in [3.63, 3.8) is 0 Å². The van der Waals surface area contributed by atoms with Gasteiger partial charge in [-0.15, -0.1) is 11.8 Å². The minimum atomic E-state index is -0.309. The molecule has 4 nitrogen and oxygen atoms in total. The average Bonchev–Trinajstić information content (AvgIpc) is 2.48. The van der Waals surface area contributed by atoms with Crippen LogP contribution in [-0.4, -0.2) is 17.6 Å². The number of carbonyl (C=O) groups excluding carboxylic acids is 2. The molecule has 0 aliphatic heterocycles. The lowest BCUT2D eigenvalue weighted by atomic mass is 10.3. The van der Waals surface area contributed by atoms with Crippen molar-refractivity contribution in [2.45, 2.75) is 11.8 Å². The highest BCUT2D eigenvalue weighted by Gasteiger charge is 2.06. The van der Waals surface area contributed by atoms with Crippen molar-refractivity contribution in [1.29, 1.82) is 0 Å². The van der Waals surface area contributed by atoms with Crippen LogP contribution in [0.5, 0.6) is 5.75 Å². The Labute approximate surface area is 127 Å². The second-order valence-electron chi connectivity index (χ2n) is 4.28. The van der Waals surface area contributed by atoms with E-state index in [2.05, 4.69) is 5.32 Å². The van der Waals surface area contributed by atoms with Gasteiger partial charge in [-0.3, -0.25) is 9.59 Å². The summed E-state index contributed by atoms with van der Waals surface area (Å²) in [5.74, 6) is 0.259. The highest BCUT2D eigenvalue weighted by atomic mass is 32.2. The smallest absolute Gasteiger partial charge is 0.321 e. The van der Waals surface area contributed by atoms with E-state index in [1.54, 1.807) is 24.3 Å². The van der Waals surface area contributed by atoms with Gasteiger partial charge < -0.3 is 10.1 Å². The standard InChI is InChI=1S/C16H15NO3S/c1-12(18)17-13-7-9-14(10-8-13)20-16(19)11-21-15-5-3-2-4-6-15/h2-10H,11H2,1H3,(H,17,18). The van der Waals surface area contributed by atoms with Gasteiger partial charge in [0.25, 0.3) is 0 Å². The van der Waals surface area contributed by atoms with Gasteiger partial charge in [0.05, 0.1) is 5.75 Å². The fourth-order valence-electron chi connectivity index (χ4n) is 1.63. The summed E-state index contributed by atoms with van der Waals surface area (Å²) in [7, 11) is 0. The van der Waals surface area contributed by atoms with Crippen molar-refractivity contribution in [2.24, 2.45) is 0 Å². The third kappa shape index (κ3) is 5.31. The number of carbonyl (C=O) groups is 2. The molecular weight excluding hydrogens is 286 g/mol. The lowest BCUT2D eigenvalue weighted by molar-refractivity contribution is -0.131. The van der Waals surface area contributed by atoms with Crippen LogP contribution in [-0.2, 0) is 9.59 Å². The molecule has 0 radical (unpaired) electrons. The Kier molecular flexibility index (Phi) is 5.40. The van der Waals surface area contributed by atoms with E-state index >= 15 is 0 Å². The van der Waals surface area contributed by atoms with Gasteiger partial charge in [-0.2, -0.15) is 0 Å². The summed E-state index contributed by atoms with van der Waals surface area (Å²) in [6.07, 6.45) is 0. The van der Waals surface area contributed by atoms with E-state index < -0.39 is 0 Å². The summed E-state index contributed by atoms with van der Waals surface area (Å²) in [5.41, 5.74) is 0.668. The molecule has 0 spiro atoms. The maximum atomic E-state index is 11.7. The van der Waals surface area contributed by atoms with Crippen molar-refractivity contribution in [3.8, 4) is 5.75 Å². The van der Waals surface area contributed by atoms with Gasteiger partial charge in [-0.05, 0) is 36.4 Å². The molecule has 2 aromatic carbocycles. The molecule has 0 saturated carbocycles. The Balaban J connectivity index is 1.83. The Morgan fingerprint density at radius 3 is 2.33 bits per heavy atom. The first-order valence-electron chi connectivity index (χ1n) is 6.39. The largest absolute Gasteiger partial charge is 0.426 e. The molecule has 0 atom stereocenters. The van der Waals surface area contributed by atoms with Crippen LogP contribution in [0, 0.1) is 0 Å². The van der Waals surface area contributed by atoms with E-state index in [0.29, 0.717) is 11.4 Å². The van der Waals surface area contributed by atoms with Gasteiger partial charge in [-0.1, -0.05) is 18.2 Å². The molecule has 0 fully saturated rings. The molecule has 0 bridgehead atoms. The Morgan fingerprint density at radius 1 is 1.05 bits per heavy atom. The number of esters is 1. The van der Waals surface area contributed by atoms with Crippen molar-refractivity contribution >= 4 is 29.3 Å². The summed E-state index contributed by atoms with van der Waals surface area (Å²) in [6.45, 7) is 1.44. The maximum Gasteiger partial charge on any atom is 0.321 e. The Hall–Kier alpha value is -2.27. The zero-order chi connectivity index (χ0) is 15.1. The van der Waals surface area contributed by atoms with Crippen LogP contribution in [0.15, 0.2) is 59.5 Å². The van der Waals surface area contributed by atoms with E-state index in [0.717, 1.165) is 4.90 Å². The molecule has 0 saturated heterocycles. The van der Waals surface area contributed by atoms with Gasteiger partial charge in [0.15, 0.2) is 0 Å². The van der Waals surface area contributed by atoms with Crippen LogP contribution in [0.2, 0.25) is 0 Å². The van der Waals surface area contributed by atoms with Gasteiger partial charge in [-0.25, -0.2) is 0 Å². The molecule has 0 aliphatic carbocycles. The molecule has 5 heteroatoms. The van der Waals surface area contributed by atoms with Crippen molar-refractivity contribution in [2.75, 3.05) is 11.1 Å². The molecular formula is C16H15NO3S. The monoisotopic (exact) mass is 301 g/mol. The highest BCUT2D eigenvalue weighted by molar-refractivity contribution is 8.00. The van der Waals surface area contributed by atoms with E-state index in [9.17, 15) is 9.59 Å². The number of hydrogen-bond acceptors (Lipinski definition) is 4. The number of amides is 1. The second-order valence-corrected chi connectivity index (χ2v) is 5.33. The highest BCUT2D eigenvalue weighted by Crippen LogP contribution is 2.19. The fraction of sp³-hybridized carbons (Fsp3) is 0.125. The van der Waals surface area contributed by atoms with Gasteiger partial charge in [0, 0.05) is 17.5 Å². The minimum Gasteiger partial charge on any atom is -0.426 e. The van der Waals surface area contributed by atoms with E-state index in [4.69, 9.17) is 4.74 Å². The van der Waals surface area contributed by atoms with Crippen molar-refractivity contribution < 1.29 is 14.3 Å². The Bertz CT molecular complexity index is 611. The number of thioether (sulfide) groups is 1. The second kappa shape index (κ2) is 7.50. The van der Waals surface area contributed by atoms with Crippen LogP contribution in [0.3, 0.4) is 0 Å². The van der Waals surface area contributed by atoms with Crippen LogP contribution in [0.25, 0.3) is 0 Å². The van der Waals surface area contributed by atoms with Crippen molar-refractivity contribution in [3.05, 3.63) is 54.6 Å². The van der Waals surface area contributed by atoms with Gasteiger partial charge in [0.2, 0.25) is 5.91 Å². The zero-order valence-corrected chi connectivity index (χ0v) is 12.4. The molecule has 21 heavy (non-hydrogen) atoms. The van der Waals surface area contributed by atoms with Crippen LogP contribution in [0.1, 0.15) is 6.92 Å². The minimum absolute atomic E-state index is 0.140. The first-order valence-corrected chi connectivity index (χ1v) is 7.38. The summed E-state index contributed by atoms with van der Waals surface area (Å²) in [4.78, 5) is 23.7. The third-order valence-electron chi connectivity index (χ3n) is 2.51. The van der Waals surface area contributed by atoms with E-state index in [1.165, 1.54) is 18.7 Å². The van der Waals surface area contributed by atoms with Gasteiger partial charge in [0.1, 0.15) is 5.75 Å². The molecule has 1 amide bonds. The average molecular weight is 301 g/mol. The number of nitrogens with one attached hydrogen (secondary N) is 1. The Morgan fingerprint density at radius 2 is 1.71 bits per heavy atom. The van der Waals surface area contributed by atoms with Crippen LogP contribution in [0.4, 0.5) is 5.69 Å². The fourth-order valence-corrected chi connectivity index (χ4v) is 2.32. The number of hydrogen-bond donors (Lipinski definition) is 1. The summed E-state index contributed by atoms with van der Waals surface area (Å²) < 4.78 is 5.22. The molecule has 0 heterocycles. The van der Waals surface area contributed by atoms with Crippen LogP contribution < -0.4 is 10.1 Å². The topological polar surface area (TPSA) is 55.4 Å². The predicted octanol–water partition coefficient (Wildman–Crippen LogP) is 3.34. The molecule has 2 rings (SSSR count). The number of ether oxygens (including phenoxy) is 1. The zero-order valence-electron chi connectivity index (χ0n) is 11.5. The number of benzene rings is 2. The van der Waals surface area contributed by atoms with E-state index in [-0.39, 0.29) is 17.6 Å². The molecule has 0 aliphatic rings. The first-order chi connectivity index (χ1) is 10.1. The number of rotatable bonds is 5. The molecule has 0 unspecified atom stereocenters. The molecule has 2 aromatic rings. The van der Waals surface area contributed by atoms with Gasteiger partial charge >= 0.3 is 5.97 Å². The SMILES string of the molecule is CC(=O)Nc1ccc(OC(=O)CSc2ccccc2)cc1. The molecule has 0 aromatic heterocycles. The molecule has 1 N–H and O–H groups in total. The van der Waals surface area contributed by atoms with E-state index in [1.807, 2.05) is 30.3 Å². The summed E-state index contributed by atoms with van der Waals surface area (Å²) in [6, 6.07) is 16.3. The summed E-state index contributed by atoms with van der Waals surface area (Å²) >= 11 is 1.43. The summed E-state index contributed by atoms with van der Waals surface area (Å²) in [5, 5.41) is 2.65. The normalized spacial score (nSPS) is 9.95. The lowest BCUT2D eigenvalue weighted by Gasteiger charge is -2.06. The lowest BCUT2D eigenvalue weighted by Crippen LogP contribution is -2.11. The quantitative estimate of drug-likeness (QED) is 0.523. The van der Waals surface area contributed by atoms with Crippen LogP contribution >= 0.6 is 11.8 Å². The van der Waals surface area contributed by atoms with Crippen molar-refractivity contribution in [1.82, 2.24) is 0 Å².